The van der Waals surface area contributed by atoms with Crippen molar-refractivity contribution >= 4 is 17.9 Å². The number of nitrogens with one attached hydrogen (secondary N) is 2. The molecular weight excluding hydrogens is 382 g/mol. The van der Waals surface area contributed by atoms with E-state index >= 15 is 0 Å². The fourth-order valence-corrected chi connectivity index (χ4v) is 3.34. The molecule has 2 aromatic rings. The molecule has 1 aromatic carbocycles. The molecule has 30 heavy (non-hydrogen) atoms. The highest BCUT2D eigenvalue weighted by molar-refractivity contribution is 5.93. The lowest BCUT2D eigenvalue weighted by atomic mass is 10.2. The number of ether oxygens (including phenoxy) is 2. The van der Waals surface area contributed by atoms with Gasteiger partial charge in [0.1, 0.15) is 11.5 Å². The molecule has 7 heteroatoms. The minimum Gasteiger partial charge on any atom is -0.494 e. The van der Waals surface area contributed by atoms with Gasteiger partial charge in [-0.15, -0.1) is 0 Å². The van der Waals surface area contributed by atoms with Crippen LogP contribution in [-0.2, 0) is 9.59 Å². The molecule has 1 fully saturated rings. The molecule has 0 spiro atoms. The van der Waals surface area contributed by atoms with Crippen LogP contribution in [0, 0.1) is 13.8 Å². The first-order chi connectivity index (χ1) is 14.4. The molecule has 2 amide bonds. The number of hydrogen-bond donors (Lipinski definition) is 2. The van der Waals surface area contributed by atoms with Crippen molar-refractivity contribution in [2.24, 2.45) is 0 Å². The van der Waals surface area contributed by atoms with Gasteiger partial charge in [-0.3, -0.25) is 20.4 Å². The van der Waals surface area contributed by atoms with E-state index in [1.807, 2.05) is 6.92 Å². The van der Waals surface area contributed by atoms with Crippen LogP contribution in [0.1, 0.15) is 49.7 Å². The second kappa shape index (κ2) is 9.52. The monoisotopic (exact) mass is 411 g/mol. The van der Waals surface area contributed by atoms with E-state index in [0.29, 0.717) is 18.4 Å². The van der Waals surface area contributed by atoms with E-state index in [2.05, 4.69) is 35.3 Å². The van der Waals surface area contributed by atoms with Crippen LogP contribution in [0.25, 0.3) is 6.08 Å². The van der Waals surface area contributed by atoms with Crippen molar-refractivity contribution in [3.63, 3.8) is 0 Å². The van der Waals surface area contributed by atoms with E-state index in [0.717, 1.165) is 17.0 Å². The highest BCUT2D eigenvalue weighted by atomic mass is 16.5. The van der Waals surface area contributed by atoms with E-state index in [9.17, 15) is 9.59 Å². The van der Waals surface area contributed by atoms with Crippen LogP contribution in [0.5, 0.6) is 11.5 Å². The summed E-state index contributed by atoms with van der Waals surface area (Å²) < 4.78 is 13.3. The summed E-state index contributed by atoms with van der Waals surface area (Å²) in [7, 11) is 0. The zero-order chi connectivity index (χ0) is 21.7. The summed E-state index contributed by atoms with van der Waals surface area (Å²) in [6.07, 6.45) is 4.83. The average molecular weight is 412 g/mol. The second-order valence-electron chi connectivity index (χ2n) is 7.40. The lowest BCUT2D eigenvalue weighted by Crippen LogP contribution is -2.46. The van der Waals surface area contributed by atoms with Gasteiger partial charge in [0.2, 0.25) is 0 Å². The van der Waals surface area contributed by atoms with Gasteiger partial charge in [0, 0.05) is 23.5 Å². The highest BCUT2D eigenvalue weighted by Gasteiger charge is 2.26. The third kappa shape index (κ3) is 5.43. The normalized spacial score (nSPS) is 14.4. The van der Waals surface area contributed by atoms with Crippen LogP contribution in [0.4, 0.5) is 0 Å². The van der Waals surface area contributed by atoms with E-state index in [4.69, 9.17) is 9.47 Å². The minimum absolute atomic E-state index is 0.409. The van der Waals surface area contributed by atoms with Crippen molar-refractivity contribution in [2.45, 2.75) is 52.7 Å². The SMILES string of the molecule is CCOc1ccc(O[C@H](C)C(=O)NNC(=O)/C=C/c2cc(C)n(C3CC3)c2C)cc1. The van der Waals surface area contributed by atoms with Crippen LogP contribution in [-0.4, -0.2) is 29.1 Å². The van der Waals surface area contributed by atoms with Crippen molar-refractivity contribution in [1.29, 1.82) is 0 Å². The number of carbonyl (C=O) groups excluding carboxylic acids is 2. The number of amides is 2. The Hall–Kier alpha value is -3.22. The Morgan fingerprint density at radius 3 is 2.47 bits per heavy atom. The lowest BCUT2D eigenvalue weighted by molar-refractivity contribution is -0.131. The predicted octanol–water partition coefficient (Wildman–Crippen LogP) is 3.47. The third-order valence-corrected chi connectivity index (χ3v) is 4.98. The fraction of sp³-hybridized carbons (Fsp3) is 0.391. The van der Waals surface area contributed by atoms with E-state index < -0.39 is 17.9 Å². The molecule has 7 nitrogen and oxygen atoms in total. The van der Waals surface area contributed by atoms with Crippen LogP contribution in [0.2, 0.25) is 0 Å². The molecule has 2 N–H and O–H groups in total. The molecule has 0 radical (unpaired) electrons. The van der Waals surface area contributed by atoms with Crippen molar-refractivity contribution in [2.75, 3.05) is 6.61 Å². The lowest BCUT2D eigenvalue weighted by Gasteiger charge is -2.15. The van der Waals surface area contributed by atoms with E-state index in [-0.39, 0.29) is 0 Å². The number of aromatic nitrogens is 1. The molecule has 1 aliphatic carbocycles. The maximum absolute atomic E-state index is 12.2. The number of aryl methyl sites for hydroxylation is 1. The number of hydrogen-bond acceptors (Lipinski definition) is 4. The summed E-state index contributed by atoms with van der Waals surface area (Å²) in [5.74, 6) is 0.419. The van der Waals surface area contributed by atoms with Gasteiger partial charge >= 0.3 is 0 Å². The maximum Gasteiger partial charge on any atom is 0.279 e. The first-order valence-electron chi connectivity index (χ1n) is 10.2. The molecule has 0 bridgehead atoms. The van der Waals surface area contributed by atoms with Crippen LogP contribution in [0.15, 0.2) is 36.4 Å². The molecule has 160 valence electrons. The molecule has 0 saturated heterocycles. The standard InChI is InChI=1S/C23H29N3O4/c1-5-29-20-9-11-21(12-10-20)30-17(4)23(28)25-24-22(27)13-6-18-14-15(2)26(16(18)3)19-7-8-19/h6,9-14,17,19H,5,7-8H2,1-4H3,(H,24,27)(H,25,28)/b13-6+/t17-/m1/s1. The summed E-state index contributed by atoms with van der Waals surface area (Å²) in [5.41, 5.74) is 8.13. The summed E-state index contributed by atoms with van der Waals surface area (Å²) in [6, 6.07) is 9.68. The maximum atomic E-state index is 12.2. The largest absolute Gasteiger partial charge is 0.494 e. The van der Waals surface area contributed by atoms with Gasteiger partial charge in [-0.1, -0.05) is 0 Å². The van der Waals surface area contributed by atoms with Gasteiger partial charge < -0.3 is 14.0 Å². The van der Waals surface area contributed by atoms with Gasteiger partial charge in [0.15, 0.2) is 6.10 Å². The van der Waals surface area contributed by atoms with Crippen molar-refractivity contribution in [1.82, 2.24) is 15.4 Å². The number of carbonyl (C=O) groups is 2. The first-order valence-corrected chi connectivity index (χ1v) is 10.2. The quantitative estimate of drug-likeness (QED) is 0.515. The van der Waals surface area contributed by atoms with Crippen molar-refractivity contribution < 1.29 is 19.1 Å². The Morgan fingerprint density at radius 1 is 1.17 bits per heavy atom. The Kier molecular flexibility index (Phi) is 6.82. The molecule has 1 aliphatic rings. The first kappa shape index (κ1) is 21.5. The Labute approximate surface area is 177 Å². The number of rotatable bonds is 8. The summed E-state index contributed by atoms with van der Waals surface area (Å²) in [6.45, 7) is 8.24. The van der Waals surface area contributed by atoms with Gasteiger partial charge in [-0.2, -0.15) is 0 Å². The molecule has 3 rings (SSSR count). The van der Waals surface area contributed by atoms with Gasteiger partial charge in [-0.05, 0) is 82.5 Å². The topological polar surface area (TPSA) is 81.6 Å². The number of benzene rings is 1. The zero-order valence-electron chi connectivity index (χ0n) is 17.9. The molecular formula is C23H29N3O4. The predicted molar refractivity (Wildman–Crippen MR) is 115 cm³/mol. The highest BCUT2D eigenvalue weighted by Crippen LogP contribution is 2.38. The smallest absolute Gasteiger partial charge is 0.279 e. The summed E-state index contributed by atoms with van der Waals surface area (Å²) in [4.78, 5) is 24.3. The minimum atomic E-state index is -0.773. The van der Waals surface area contributed by atoms with Gasteiger partial charge in [0.25, 0.3) is 11.8 Å². The van der Waals surface area contributed by atoms with Gasteiger partial charge in [0.05, 0.1) is 6.61 Å². The summed E-state index contributed by atoms with van der Waals surface area (Å²) in [5, 5.41) is 0. The van der Waals surface area contributed by atoms with E-state index in [1.54, 1.807) is 37.3 Å². The number of nitrogens with zero attached hydrogens (tertiary/aromatic N) is 1. The Morgan fingerprint density at radius 2 is 1.83 bits per heavy atom. The van der Waals surface area contributed by atoms with Crippen molar-refractivity contribution in [3.05, 3.63) is 53.4 Å². The molecule has 0 unspecified atom stereocenters. The molecule has 1 atom stereocenters. The average Bonchev–Trinajstić information content (AvgIpc) is 3.51. The van der Waals surface area contributed by atoms with E-state index in [1.165, 1.54) is 24.6 Å². The Bertz CT molecular complexity index is 927. The summed E-state index contributed by atoms with van der Waals surface area (Å²) >= 11 is 0. The molecule has 1 saturated carbocycles. The molecule has 0 aliphatic heterocycles. The van der Waals surface area contributed by atoms with Crippen LogP contribution in [0.3, 0.4) is 0 Å². The van der Waals surface area contributed by atoms with Crippen LogP contribution >= 0.6 is 0 Å². The molecule has 1 heterocycles. The zero-order valence-corrected chi connectivity index (χ0v) is 17.9. The molecule has 1 aromatic heterocycles. The third-order valence-electron chi connectivity index (χ3n) is 4.98. The van der Waals surface area contributed by atoms with Crippen molar-refractivity contribution in [3.8, 4) is 11.5 Å². The van der Waals surface area contributed by atoms with Crippen LogP contribution < -0.4 is 20.3 Å². The fourth-order valence-electron chi connectivity index (χ4n) is 3.34. The number of hydrazine groups is 1. The second-order valence-corrected chi connectivity index (χ2v) is 7.40. The van der Waals surface area contributed by atoms with Gasteiger partial charge in [-0.25, -0.2) is 0 Å². The Balaban J connectivity index is 1.47.